The van der Waals surface area contributed by atoms with Crippen molar-refractivity contribution < 1.29 is 0 Å². The zero-order valence-corrected chi connectivity index (χ0v) is 10.2. The van der Waals surface area contributed by atoms with Crippen molar-refractivity contribution in [1.29, 1.82) is 0 Å². The number of hydrogen-bond acceptors (Lipinski definition) is 0. The van der Waals surface area contributed by atoms with E-state index in [1.807, 2.05) is 0 Å². The van der Waals surface area contributed by atoms with Gasteiger partial charge in [0.2, 0.25) is 0 Å². The van der Waals surface area contributed by atoms with Crippen molar-refractivity contribution >= 4 is 27.6 Å². The van der Waals surface area contributed by atoms with E-state index < -0.39 is 0 Å². The van der Waals surface area contributed by atoms with Crippen LogP contribution in [-0.2, 0) is 6.42 Å². The van der Waals surface area contributed by atoms with Crippen LogP contribution in [0, 0.1) is 0 Å². The minimum Gasteiger partial charge on any atom is -0.0836 e. The minimum atomic E-state index is 1.17. The van der Waals surface area contributed by atoms with Crippen LogP contribution in [0.25, 0.3) is 27.6 Å². The molecule has 3 aromatic carbocycles. The topological polar surface area (TPSA) is 0 Å². The molecule has 0 aromatic heterocycles. The molecule has 0 N–H and O–H groups in total. The third-order valence-corrected chi connectivity index (χ3v) is 3.88. The Morgan fingerprint density at radius 2 is 1.67 bits per heavy atom. The van der Waals surface area contributed by atoms with Gasteiger partial charge in [0.05, 0.1) is 0 Å². The second kappa shape index (κ2) is 3.71. The molecule has 0 spiro atoms. The molecule has 0 atom stereocenters. The van der Waals surface area contributed by atoms with Crippen LogP contribution in [0.2, 0.25) is 0 Å². The molecule has 0 heteroatoms. The van der Waals surface area contributed by atoms with Crippen LogP contribution < -0.4 is 0 Å². The average molecular weight is 230 g/mol. The fraction of sp³-hybridized carbons (Fsp3) is 0.111. The Balaban J connectivity index is 2.16. The van der Waals surface area contributed by atoms with E-state index in [4.69, 9.17) is 0 Å². The highest BCUT2D eigenvalue weighted by atomic mass is 14.1. The monoisotopic (exact) mass is 230 g/mol. The van der Waals surface area contributed by atoms with Crippen LogP contribution in [0.4, 0.5) is 0 Å². The van der Waals surface area contributed by atoms with E-state index in [0.29, 0.717) is 0 Å². The molecule has 0 amide bonds. The third-order valence-electron chi connectivity index (χ3n) is 3.88. The van der Waals surface area contributed by atoms with E-state index in [1.54, 1.807) is 0 Å². The summed E-state index contributed by atoms with van der Waals surface area (Å²) in [5.41, 5.74) is 2.88. The van der Waals surface area contributed by atoms with Gasteiger partial charge in [-0.25, -0.2) is 0 Å². The van der Waals surface area contributed by atoms with Gasteiger partial charge >= 0.3 is 0 Å². The number of aryl methyl sites for hydroxylation is 1. The van der Waals surface area contributed by atoms with Crippen LogP contribution >= 0.6 is 0 Å². The first kappa shape index (κ1) is 9.90. The van der Waals surface area contributed by atoms with Gasteiger partial charge in [-0.15, -0.1) is 0 Å². The largest absolute Gasteiger partial charge is 0.0836 e. The van der Waals surface area contributed by atoms with Gasteiger partial charge in [0, 0.05) is 0 Å². The van der Waals surface area contributed by atoms with Gasteiger partial charge in [-0.2, -0.15) is 0 Å². The molecule has 0 heterocycles. The van der Waals surface area contributed by atoms with Crippen molar-refractivity contribution in [1.82, 2.24) is 0 Å². The molecule has 0 fully saturated rings. The van der Waals surface area contributed by atoms with Crippen LogP contribution in [-0.4, -0.2) is 0 Å². The van der Waals surface area contributed by atoms with E-state index in [1.165, 1.54) is 45.5 Å². The molecule has 0 unspecified atom stereocenters. The lowest BCUT2D eigenvalue weighted by Gasteiger charge is -2.13. The Hall–Kier alpha value is -2.08. The van der Waals surface area contributed by atoms with Crippen LogP contribution in [0.1, 0.15) is 17.5 Å². The fourth-order valence-corrected chi connectivity index (χ4v) is 2.94. The molecule has 0 nitrogen and oxygen atoms in total. The summed E-state index contributed by atoms with van der Waals surface area (Å²) >= 11 is 0. The smallest absolute Gasteiger partial charge is 0.00993 e. The van der Waals surface area contributed by atoms with Gasteiger partial charge in [0.15, 0.2) is 0 Å². The average Bonchev–Trinajstić information content (AvgIpc) is 2.45. The van der Waals surface area contributed by atoms with Gasteiger partial charge < -0.3 is 0 Å². The summed E-state index contributed by atoms with van der Waals surface area (Å²) in [7, 11) is 0. The van der Waals surface area contributed by atoms with Crippen molar-refractivity contribution in [3.05, 3.63) is 65.7 Å². The summed E-state index contributed by atoms with van der Waals surface area (Å²) in [4.78, 5) is 0. The molecule has 0 bridgehead atoms. The summed E-state index contributed by atoms with van der Waals surface area (Å²) in [5, 5.41) is 5.42. The van der Waals surface area contributed by atoms with Gasteiger partial charge in [0.1, 0.15) is 0 Å². The maximum Gasteiger partial charge on any atom is -0.00993 e. The van der Waals surface area contributed by atoms with Crippen LogP contribution in [0.3, 0.4) is 0 Å². The summed E-state index contributed by atoms with van der Waals surface area (Å²) in [6.07, 6.45) is 6.89. The van der Waals surface area contributed by atoms with Gasteiger partial charge in [0.25, 0.3) is 0 Å². The predicted molar refractivity (Wildman–Crippen MR) is 78.8 cm³/mol. The second-order valence-corrected chi connectivity index (χ2v) is 5.00. The number of allylic oxidation sites excluding steroid dienone is 1. The molecule has 3 aromatic rings. The molecule has 0 saturated heterocycles. The summed E-state index contributed by atoms with van der Waals surface area (Å²) in [5.74, 6) is 0. The maximum atomic E-state index is 2.36. The van der Waals surface area contributed by atoms with E-state index in [2.05, 4.69) is 60.7 Å². The fourth-order valence-electron chi connectivity index (χ4n) is 2.94. The molecule has 1 aliphatic carbocycles. The SMILES string of the molecule is C1=Cc2cc3c(ccc4ccccc43)cc2CC1. The van der Waals surface area contributed by atoms with Crippen molar-refractivity contribution in [2.45, 2.75) is 12.8 Å². The standard InChI is InChI=1S/C18H14/c1-2-7-15-12-18-16(11-14(15)6-1)10-9-13-5-3-4-8-17(13)18/h2-5,7-12H,1,6H2. The van der Waals surface area contributed by atoms with Crippen LogP contribution in [0.5, 0.6) is 0 Å². The number of hydrogen-bond donors (Lipinski definition) is 0. The van der Waals surface area contributed by atoms with Gasteiger partial charge in [-0.3, -0.25) is 0 Å². The quantitative estimate of drug-likeness (QED) is 0.479. The summed E-state index contributed by atoms with van der Waals surface area (Å²) in [6, 6.07) is 17.8. The van der Waals surface area contributed by atoms with Crippen LogP contribution in [0.15, 0.2) is 54.6 Å². The predicted octanol–water partition coefficient (Wildman–Crippen LogP) is 4.95. The van der Waals surface area contributed by atoms with E-state index in [9.17, 15) is 0 Å². The molecule has 1 aliphatic rings. The molecule has 0 radical (unpaired) electrons. The highest BCUT2D eigenvalue weighted by molar-refractivity contribution is 6.08. The molecular weight excluding hydrogens is 216 g/mol. The Bertz CT molecular complexity index is 778. The Morgan fingerprint density at radius 1 is 0.778 bits per heavy atom. The Kier molecular flexibility index (Phi) is 2.04. The van der Waals surface area contributed by atoms with E-state index >= 15 is 0 Å². The highest BCUT2D eigenvalue weighted by Crippen LogP contribution is 2.30. The third kappa shape index (κ3) is 1.39. The summed E-state index contributed by atoms with van der Waals surface area (Å²) in [6.45, 7) is 0. The molecule has 0 aliphatic heterocycles. The number of fused-ring (bicyclic) bond motifs is 4. The zero-order valence-electron chi connectivity index (χ0n) is 10.2. The lowest BCUT2D eigenvalue weighted by Crippen LogP contribution is -1.94. The number of rotatable bonds is 0. The second-order valence-electron chi connectivity index (χ2n) is 5.00. The first-order chi connectivity index (χ1) is 8.92. The minimum absolute atomic E-state index is 1.17. The Labute approximate surface area is 107 Å². The molecule has 18 heavy (non-hydrogen) atoms. The van der Waals surface area contributed by atoms with Gasteiger partial charge in [-0.05, 0) is 51.6 Å². The first-order valence-electron chi connectivity index (χ1n) is 6.53. The van der Waals surface area contributed by atoms with Crippen molar-refractivity contribution in [3.63, 3.8) is 0 Å². The maximum absolute atomic E-state index is 2.36. The van der Waals surface area contributed by atoms with Crippen molar-refractivity contribution in [2.24, 2.45) is 0 Å². The Morgan fingerprint density at radius 3 is 2.67 bits per heavy atom. The van der Waals surface area contributed by atoms with Crippen molar-refractivity contribution in [2.75, 3.05) is 0 Å². The normalized spacial score (nSPS) is 14.0. The lowest BCUT2D eigenvalue weighted by molar-refractivity contribution is 0.989. The lowest BCUT2D eigenvalue weighted by atomic mass is 9.92. The molecule has 4 rings (SSSR count). The molecule has 0 saturated carbocycles. The highest BCUT2D eigenvalue weighted by Gasteiger charge is 2.07. The number of benzene rings is 3. The molecular formula is C18H14. The van der Waals surface area contributed by atoms with E-state index in [-0.39, 0.29) is 0 Å². The van der Waals surface area contributed by atoms with Gasteiger partial charge in [-0.1, -0.05) is 54.6 Å². The zero-order chi connectivity index (χ0) is 11.9. The van der Waals surface area contributed by atoms with Crippen molar-refractivity contribution in [3.8, 4) is 0 Å². The summed E-state index contributed by atoms with van der Waals surface area (Å²) < 4.78 is 0. The molecule has 86 valence electrons. The first-order valence-corrected chi connectivity index (χ1v) is 6.53. The van der Waals surface area contributed by atoms with E-state index in [0.717, 1.165) is 0 Å².